The van der Waals surface area contributed by atoms with Crippen molar-refractivity contribution in [2.24, 2.45) is 5.41 Å². The number of carbonyl (C=O) groups excluding carboxylic acids is 1. The van der Waals surface area contributed by atoms with Gasteiger partial charge in [-0.25, -0.2) is 0 Å². The molecule has 90 valence electrons. The van der Waals surface area contributed by atoms with Crippen LogP contribution < -0.4 is 0 Å². The first-order valence-electron chi connectivity index (χ1n) is 6.12. The summed E-state index contributed by atoms with van der Waals surface area (Å²) < 4.78 is 0.970. The minimum Gasteiger partial charge on any atom is -0.393 e. The number of fused-ring (bicyclic) bond motifs is 1. The van der Waals surface area contributed by atoms with E-state index in [0.717, 1.165) is 42.1 Å². The Morgan fingerprint density at radius 2 is 2.00 bits per heavy atom. The van der Waals surface area contributed by atoms with Crippen LogP contribution in [0.2, 0.25) is 0 Å². The summed E-state index contributed by atoms with van der Waals surface area (Å²) in [5.41, 5.74) is 1.85. The van der Waals surface area contributed by atoms with Crippen LogP contribution in [0.25, 0.3) is 0 Å². The van der Waals surface area contributed by atoms with Gasteiger partial charge in [-0.3, -0.25) is 4.79 Å². The van der Waals surface area contributed by atoms with Crippen molar-refractivity contribution in [2.45, 2.75) is 38.2 Å². The molecule has 0 unspecified atom stereocenters. The molecule has 1 aromatic carbocycles. The lowest BCUT2D eigenvalue weighted by Gasteiger charge is -2.33. The number of aliphatic hydroxyl groups excluding tert-OH is 1. The van der Waals surface area contributed by atoms with Crippen LogP contribution in [0.1, 0.15) is 41.6 Å². The van der Waals surface area contributed by atoms with Crippen molar-refractivity contribution < 1.29 is 9.90 Å². The minimum absolute atomic E-state index is 0.205. The summed E-state index contributed by atoms with van der Waals surface area (Å²) in [6, 6.07) is 6.00. The lowest BCUT2D eigenvalue weighted by molar-refractivity contribution is 0.0513. The van der Waals surface area contributed by atoms with Crippen molar-refractivity contribution in [1.29, 1.82) is 0 Å². The zero-order valence-corrected chi connectivity index (χ0v) is 11.2. The summed E-state index contributed by atoms with van der Waals surface area (Å²) in [7, 11) is 0. The fraction of sp³-hybridized carbons (Fsp3) is 0.500. The van der Waals surface area contributed by atoms with E-state index in [0.29, 0.717) is 5.78 Å². The van der Waals surface area contributed by atoms with Gasteiger partial charge in [-0.2, -0.15) is 0 Å². The topological polar surface area (TPSA) is 37.3 Å². The van der Waals surface area contributed by atoms with Crippen LogP contribution >= 0.6 is 15.9 Å². The molecule has 3 heteroatoms. The van der Waals surface area contributed by atoms with Gasteiger partial charge in [0.1, 0.15) is 0 Å². The average Bonchev–Trinajstić information content (AvgIpc) is 2.58. The largest absolute Gasteiger partial charge is 0.393 e. The maximum Gasteiger partial charge on any atom is 0.169 e. The molecule has 0 heterocycles. The molecule has 2 nitrogen and oxygen atoms in total. The number of carbonyl (C=O) groups is 1. The highest BCUT2D eigenvalue weighted by molar-refractivity contribution is 9.10. The third-order valence-corrected chi connectivity index (χ3v) is 4.73. The monoisotopic (exact) mass is 294 g/mol. The van der Waals surface area contributed by atoms with Crippen molar-refractivity contribution >= 4 is 21.7 Å². The molecule has 0 saturated heterocycles. The van der Waals surface area contributed by atoms with Crippen molar-refractivity contribution in [3.63, 3.8) is 0 Å². The molecule has 3 rings (SSSR count). The van der Waals surface area contributed by atoms with Gasteiger partial charge in [-0.05, 0) is 49.8 Å². The van der Waals surface area contributed by atoms with E-state index in [4.69, 9.17) is 0 Å². The quantitative estimate of drug-likeness (QED) is 0.798. The SMILES string of the molecule is O=C1c2cc(Br)ccc2CC12CCC(O)CC2. The van der Waals surface area contributed by atoms with Crippen molar-refractivity contribution in [3.05, 3.63) is 33.8 Å². The summed E-state index contributed by atoms with van der Waals surface area (Å²) in [4.78, 5) is 12.5. The van der Waals surface area contributed by atoms with Crippen molar-refractivity contribution in [2.75, 3.05) is 0 Å². The summed E-state index contributed by atoms with van der Waals surface area (Å²) in [6.07, 6.45) is 3.85. The standard InChI is InChI=1S/C14H15BrO2/c15-10-2-1-9-8-14(13(17)12(9)7-10)5-3-11(16)4-6-14/h1-2,7,11,16H,3-6,8H2. The molecule has 0 bridgehead atoms. The molecule has 17 heavy (non-hydrogen) atoms. The summed E-state index contributed by atoms with van der Waals surface area (Å²) >= 11 is 3.42. The molecule has 0 radical (unpaired) electrons. The van der Waals surface area contributed by atoms with E-state index in [1.807, 2.05) is 12.1 Å². The van der Waals surface area contributed by atoms with Crippen molar-refractivity contribution in [1.82, 2.24) is 0 Å². The molecule has 1 spiro atoms. The number of halogens is 1. The molecule has 2 aliphatic rings. The zero-order valence-electron chi connectivity index (χ0n) is 9.58. The normalized spacial score (nSPS) is 31.9. The lowest BCUT2D eigenvalue weighted by atomic mass is 9.70. The molecule has 2 aliphatic carbocycles. The van der Waals surface area contributed by atoms with E-state index in [1.165, 1.54) is 5.56 Å². The van der Waals surface area contributed by atoms with Gasteiger partial charge in [-0.1, -0.05) is 22.0 Å². The van der Waals surface area contributed by atoms with Gasteiger partial charge in [0.05, 0.1) is 6.10 Å². The molecule has 1 saturated carbocycles. The highest BCUT2D eigenvalue weighted by atomic mass is 79.9. The van der Waals surface area contributed by atoms with E-state index < -0.39 is 0 Å². The molecule has 0 aliphatic heterocycles. The fourth-order valence-electron chi connectivity index (χ4n) is 3.20. The molecule has 0 aromatic heterocycles. The van der Waals surface area contributed by atoms with Gasteiger partial charge in [-0.15, -0.1) is 0 Å². The van der Waals surface area contributed by atoms with E-state index in [9.17, 15) is 9.90 Å². The Morgan fingerprint density at radius 1 is 1.29 bits per heavy atom. The molecular formula is C14H15BrO2. The summed E-state index contributed by atoms with van der Waals surface area (Å²) in [6.45, 7) is 0. The maximum absolute atomic E-state index is 12.5. The molecule has 1 N–H and O–H groups in total. The second-order valence-corrected chi connectivity index (χ2v) is 6.23. The van der Waals surface area contributed by atoms with Crippen LogP contribution in [0, 0.1) is 5.41 Å². The van der Waals surface area contributed by atoms with Gasteiger partial charge in [0.15, 0.2) is 5.78 Å². The predicted octanol–water partition coefficient (Wildman–Crippen LogP) is 3.11. The highest BCUT2D eigenvalue weighted by Crippen LogP contribution is 2.47. The van der Waals surface area contributed by atoms with Gasteiger partial charge in [0.25, 0.3) is 0 Å². The van der Waals surface area contributed by atoms with E-state index in [1.54, 1.807) is 0 Å². The first-order valence-corrected chi connectivity index (χ1v) is 6.91. The minimum atomic E-state index is -0.206. The fourth-order valence-corrected chi connectivity index (χ4v) is 3.56. The Balaban J connectivity index is 1.96. The Bertz CT molecular complexity index is 473. The van der Waals surface area contributed by atoms with Crippen molar-refractivity contribution in [3.8, 4) is 0 Å². The molecule has 0 amide bonds. The van der Waals surface area contributed by atoms with E-state index in [2.05, 4.69) is 22.0 Å². The number of benzene rings is 1. The average molecular weight is 295 g/mol. The van der Waals surface area contributed by atoms with Crippen LogP contribution in [0.5, 0.6) is 0 Å². The molecular weight excluding hydrogens is 280 g/mol. The number of aliphatic hydroxyl groups is 1. The Morgan fingerprint density at radius 3 is 2.71 bits per heavy atom. The first kappa shape index (κ1) is 11.4. The maximum atomic E-state index is 12.5. The molecule has 1 fully saturated rings. The zero-order chi connectivity index (χ0) is 12.0. The summed E-state index contributed by atoms with van der Waals surface area (Å²) in [5, 5.41) is 9.58. The number of rotatable bonds is 0. The highest BCUT2D eigenvalue weighted by Gasteiger charge is 2.46. The predicted molar refractivity (Wildman–Crippen MR) is 69.1 cm³/mol. The Labute approximate surface area is 109 Å². The molecule has 1 aromatic rings. The van der Waals surface area contributed by atoms with Crippen LogP contribution in [-0.2, 0) is 6.42 Å². The molecule has 0 atom stereocenters. The van der Waals surface area contributed by atoms with Crippen LogP contribution in [0.3, 0.4) is 0 Å². The smallest absolute Gasteiger partial charge is 0.169 e. The van der Waals surface area contributed by atoms with Crippen LogP contribution in [0.4, 0.5) is 0 Å². The third kappa shape index (κ3) is 1.76. The van der Waals surface area contributed by atoms with E-state index in [-0.39, 0.29) is 11.5 Å². The van der Waals surface area contributed by atoms with Crippen LogP contribution in [0.15, 0.2) is 22.7 Å². The van der Waals surface area contributed by atoms with Gasteiger partial charge < -0.3 is 5.11 Å². The lowest BCUT2D eigenvalue weighted by Crippen LogP contribution is -2.34. The third-order valence-electron chi connectivity index (χ3n) is 4.24. The second kappa shape index (κ2) is 3.92. The Hall–Kier alpha value is -0.670. The van der Waals surface area contributed by atoms with Gasteiger partial charge in [0.2, 0.25) is 0 Å². The van der Waals surface area contributed by atoms with E-state index >= 15 is 0 Å². The van der Waals surface area contributed by atoms with Crippen LogP contribution in [-0.4, -0.2) is 17.0 Å². The number of Topliss-reactive ketones (excluding diaryl/α,β-unsaturated/α-hetero) is 1. The Kier molecular flexibility index (Phi) is 2.64. The number of ketones is 1. The number of hydrogen-bond donors (Lipinski definition) is 1. The second-order valence-electron chi connectivity index (χ2n) is 5.32. The first-order chi connectivity index (χ1) is 8.11. The van der Waals surface area contributed by atoms with Gasteiger partial charge >= 0.3 is 0 Å². The summed E-state index contributed by atoms with van der Waals surface area (Å²) in [5.74, 6) is 0.292. The number of hydrogen-bond acceptors (Lipinski definition) is 2. The van der Waals surface area contributed by atoms with Gasteiger partial charge in [0, 0.05) is 15.5 Å².